The number of nitrogens with zero attached hydrogens (tertiary/aromatic N) is 1. The number of hydrogen-bond donors (Lipinski definition) is 2. The summed E-state index contributed by atoms with van der Waals surface area (Å²) in [6, 6.07) is 6.58. The van der Waals surface area contributed by atoms with Crippen molar-refractivity contribution in [3.05, 3.63) is 35.4 Å². The Morgan fingerprint density at radius 3 is 2.20 bits per heavy atom. The summed E-state index contributed by atoms with van der Waals surface area (Å²) in [5.41, 5.74) is 0.750. The maximum absolute atomic E-state index is 12.2. The van der Waals surface area contributed by atoms with Gasteiger partial charge in [0.1, 0.15) is 0 Å². The third-order valence-corrected chi connectivity index (χ3v) is 5.28. The van der Waals surface area contributed by atoms with Gasteiger partial charge >= 0.3 is 5.97 Å². The summed E-state index contributed by atoms with van der Waals surface area (Å²) in [4.78, 5) is 35.8. The summed E-state index contributed by atoms with van der Waals surface area (Å²) < 4.78 is 25.9. The van der Waals surface area contributed by atoms with Gasteiger partial charge in [0.2, 0.25) is 10.0 Å². The Hall–Kier alpha value is -2.26. The van der Waals surface area contributed by atoms with Gasteiger partial charge < -0.3 is 5.11 Å². The van der Waals surface area contributed by atoms with Crippen LogP contribution in [-0.4, -0.2) is 55.1 Å². The predicted molar refractivity (Wildman–Crippen MR) is 89.7 cm³/mol. The summed E-state index contributed by atoms with van der Waals surface area (Å²) in [5.74, 6) is -1.81. The van der Waals surface area contributed by atoms with Gasteiger partial charge in [-0.15, -0.1) is 0 Å². The molecule has 9 heteroatoms. The van der Waals surface area contributed by atoms with Gasteiger partial charge in [0.25, 0.3) is 11.8 Å². The molecule has 2 rings (SSSR count). The van der Waals surface area contributed by atoms with Gasteiger partial charge in [0.15, 0.2) is 0 Å². The minimum atomic E-state index is -3.49. The Bertz CT molecular complexity index is 740. The molecule has 0 aromatic heterocycles. The average Bonchev–Trinajstić information content (AvgIpc) is 2.80. The highest BCUT2D eigenvalue weighted by Gasteiger charge is 2.34. The highest BCUT2D eigenvalue weighted by Crippen LogP contribution is 2.22. The van der Waals surface area contributed by atoms with Crippen molar-refractivity contribution < 1.29 is 27.9 Å². The summed E-state index contributed by atoms with van der Waals surface area (Å²) in [7, 11) is -3.49. The first-order chi connectivity index (χ1) is 11.8. The van der Waals surface area contributed by atoms with Crippen molar-refractivity contribution in [2.24, 2.45) is 0 Å². The molecule has 8 nitrogen and oxygen atoms in total. The van der Waals surface area contributed by atoms with E-state index in [-0.39, 0.29) is 43.5 Å². The van der Waals surface area contributed by atoms with Gasteiger partial charge in [-0.3, -0.25) is 19.3 Å². The monoisotopic (exact) mass is 368 g/mol. The van der Waals surface area contributed by atoms with Crippen LogP contribution in [-0.2, 0) is 14.8 Å². The van der Waals surface area contributed by atoms with Gasteiger partial charge in [-0.1, -0.05) is 12.1 Å². The molecule has 2 amide bonds. The standard InChI is InChI=1S/C16H20N2O6S/c19-14(20)8-5-9-17-25(23,24)11-4-3-10-18-15(21)12-6-1-2-7-13(12)16(18)22/h1-2,6-7,17H,3-5,8-11H2,(H,19,20). The van der Waals surface area contributed by atoms with Crippen LogP contribution < -0.4 is 4.72 Å². The summed E-state index contributed by atoms with van der Waals surface area (Å²) >= 11 is 0. The Balaban J connectivity index is 1.74. The maximum Gasteiger partial charge on any atom is 0.303 e. The highest BCUT2D eigenvalue weighted by molar-refractivity contribution is 7.89. The molecule has 0 atom stereocenters. The van der Waals surface area contributed by atoms with Crippen molar-refractivity contribution in [2.75, 3.05) is 18.8 Å². The Kier molecular flexibility index (Phi) is 6.27. The lowest BCUT2D eigenvalue weighted by Gasteiger charge is -2.13. The van der Waals surface area contributed by atoms with E-state index in [2.05, 4.69) is 4.72 Å². The molecule has 1 heterocycles. The molecule has 0 saturated carbocycles. The van der Waals surface area contributed by atoms with Crippen molar-refractivity contribution in [1.82, 2.24) is 9.62 Å². The van der Waals surface area contributed by atoms with Gasteiger partial charge in [-0.25, -0.2) is 13.1 Å². The number of hydrogen-bond acceptors (Lipinski definition) is 5. The van der Waals surface area contributed by atoms with Crippen molar-refractivity contribution in [3.63, 3.8) is 0 Å². The van der Waals surface area contributed by atoms with E-state index in [1.54, 1.807) is 24.3 Å². The Labute approximate surface area is 145 Å². The van der Waals surface area contributed by atoms with Crippen LogP contribution in [0, 0.1) is 0 Å². The number of carbonyl (C=O) groups excluding carboxylic acids is 2. The molecule has 25 heavy (non-hydrogen) atoms. The second-order valence-corrected chi connectivity index (χ2v) is 7.65. The van der Waals surface area contributed by atoms with E-state index in [0.717, 1.165) is 4.90 Å². The molecule has 0 unspecified atom stereocenters. The Morgan fingerprint density at radius 1 is 1.04 bits per heavy atom. The van der Waals surface area contributed by atoms with E-state index in [0.29, 0.717) is 24.0 Å². The number of aliphatic carboxylic acids is 1. The summed E-state index contributed by atoms with van der Waals surface area (Å²) in [6.07, 6.45) is 0.801. The van der Waals surface area contributed by atoms with Crippen LogP contribution in [0.3, 0.4) is 0 Å². The van der Waals surface area contributed by atoms with Gasteiger partial charge in [0, 0.05) is 19.5 Å². The van der Waals surface area contributed by atoms with Crippen LogP contribution in [0.4, 0.5) is 0 Å². The quantitative estimate of drug-likeness (QED) is 0.466. The molecule has 0 saturated heterocycles. The molecule has 0 fully saturated rings. The second-order valence-electron chi connectivity index (χ2n) is 5.73. The first kappa shape index (κ1) is 19.1. The normalized spacial score (nSPS) is 14.0. The predicted octanol–water partition coefficient (Wildman–Crippen LogP) is 0.847. The zero-order chi connectivity index (χ0) is 18.4. The number of benzene rings is 1. The molecule has 1 aliphatic rings. The molecular formula is C16H20N2O6S. The van der Waals surface area contributed by atoms with Crippen molar-refractivity contribution in [1.29, 1.82) is 0 Å². The minimum absolute atomic E-state index is 0.0764. The number of carboxylic acid groups (broad SMARTS) is 1. The van der Waals surface area contributed by atoms with E-state index in [9.17, 15) is 22.8 Å². The topological polar surface area (TPSA) is 121 Å². The van der Waals surface area contributed by atoms with Crippen LogP contribution in [0.2, 0.25) is 0 Å². The smallest absolute Gasteiger partial charge is 0.303 e. The lowest BCUT2D eigenvalue weighted by molar-refractivity contribution is -0.137. The summed E-state index contributed by atoms with van der Waals surface area (Å²) in [6.45, 7) is 0.244. The molecule has 1 aromatic rings. The number of amides is 2. The minimum Gasteiger partial charge on any atom is -0.481 e. The lowest BCUT2D eigenvalue weighted by atomic mass is 10.1. The first-order valence-corrected chi connectivity index (χ1v) is 9.61. The van der Waals surface area contributed by atoms with Gasteiger partial charge in [-0.05, 0) is 31.4 Å². The average molecular weight is 368 g/mol. The van der Waals surface area contributed by atoms with E-state index >= 15 is 0 Å². The van der Waals surface area contributed by atoms with E-state index in [1.165, 1.54) is 0 Å². The number of rotatable bonds is 10. The maximum atomic E-state index is 12.2. The molecule has 0 spiro atoms. The van der Waals surface area contributed by atoms with Crippen molar-refractivity contribution >= 4 is 27.8 Å². The van der Waals surface area contributed by atoms with Crippen LogP contribution in [0.15, 0.2) is 24.3 Å². The fraction of sp³-hybridized carbons (Fsp3) is 0.438. The highest BCUT2D eigenvalue weighted by atomic mass is 32.2. The fourth-order valence-corrected chi connectivity index (χ4v) is 3.73. The van der Waals surface area contributed by atoms with Gasteiger partial charge in [0.05, 0.1) is 16.9 Å². The molecule has 1 aromatic carbocycles. The molecule has 0 radical (unpaired) electrons. The molecule has 0 bridgehead atoms. The van der Waals surface area contributed by atoms with Crippen LogP contribution in [0.1, 0.15) is 46.4 Å². The largest absolute Gasteiger partial charge is 0.481 e. The number of sulfonamides is 1. The fourth-order valence-electron chi connectivity index (χ4n) is 2.54. The molecule has 136 valence electrons. The van der Waals surface area contributed by atoms with Gasteiger partial charge in [-0.2, -0.15) is 0 Å². The number of fused-ring (bicyclic) bond motifs is 1. The molecular weight excluding hydrogens is 348 g/mol. The Morgan fingerprint density at radius 2 is 1.64 bits per heavy atom. The van der Waals surface area contributed by atoms with Crippen LogP contribution in [0.5, 0.6) is 0 Å². The number of unbranched alkanes of at least 4 members (excludes halogenated alkanes) is 1. The third-order valence-electron chi connectivity index (χ3n) is 3.81. The van der Waals surface area contributed by atoms with E-state index in [4.69, 9.17) is 5.11 Å². The third kappa shape index (κ3) is 5.10. The molecule has 0 aliphatic carbocycles. The number of nitrogens with one attached hydrogen (secondary N) is 1. The van der Waals surface area contributed by atoms with Crippen LogP contribution in [0.25, 0.3) is 0 Å². The SMILES string of the molecule is O=C(O)CCCNS(=O)(=O)CCCCN1C(=O)c2ccccc2C1=O. The zero-order valence-electron chi connectivity index (χ0n) is 13.6. The zero-order valence-corrected chi connectivity index (χ0v) is 14.4. The van der Waals surface area contributed by atoms with E-state index < -0.39 is 16.0 Å². The lowest BCUT2D eigenvalue weighted by Crippen LogP contribution is -2.32. The first-order valence-electron chi connectivity index (χ1n) is 7.96. The summed E-state index contributed by atoms with van der Waals surface area (Å²) in [5, 5.41) is 8.49. The second kappa shape index (κ2) is 8.21. The number of imide groups is 1. The van der Waals surface area contributed by atoms with E-state index in [1.807, 2.05) is 0 Å². The molecule has 1 aliphatic heterocycles. The molecule has 2 N–H and O–H groups in total. The van der Waals surface area contributed by atoms with Crippen LogP contribution >= 0.6 is 0 Å². The van der Waals surface area contributed by atoms with Crippen molar-refractivity contribution in [3.8, 4) is 0 Å². The number of carbonyl (C=O) groups is 3. The number of carboxylic acids is 1. The van der Waals surface area contributed by atoms with Crippen molar-refractivity contribution in [2.45, 2.75) is 25.7 Å².